The van der Waals surface area contributed by atoms with Crippen molar-refractivity contribution in [2.45, 2.75) is 39.8 Å². The summed E-state index contributed by atoms with van der Waals surface area (Å²) in [6.45, 7) is 5.92. The third-order valence-electron chi connectivity index (χ3n) is 3.13. The van der Waals surface area contributed by atoms with Crippen LogP contribution in [-0.2, 0) is 11.3 Å². The number of rotatable bonds is 6. The number of carbonyl (C=O) groups excluding carboxylic acids is 1. The summed E-state index contributed by atoms with van der Waals surface area (Å²) >= 11 is 0. The average molecular weight is 279 g/mol. The predicted molar refractivity (Wildman–Crippen MR) is 77.1 cm³/mol. The normalized spacial score (nSPS) is 12.2. The predicted octanol–water partition coefficient (Wildman–Crippen LogP) is 1.89. The highest BCUT2D eigenvalue weighted by Crippen LogP contribution is 2.20. The highest BCUT2D eigenvalue weighted by molar-refractivity contribution is 5.81. The van der Waals surface area contributed by atoms with E-state index in [9.17, 15) is 14.9 Å². The second kappa shape index (κ2) is 7.00. The molecule has 0 saturated heterocycles. The minimum atomic E-state index is -0.547. The van der Waals surface area contributed by atoms with E-state index in [-0.39, 0.29) is 18.1 Å². The molecule has 0 fully saturated rings. The van der Waals surface area contributed by atoms with E-state index < -0.39 is 11.0 Å². The number of nitrogens with two attached hydrogens (primary N) is 1. The van der Waals surface area contributed by atoms with Crippen molar-refractivity contribution in [2.75, 3.05) is 0 Å². The Balaban J connectivity index is 2.69. The minimum absolute atomic E-state index is 0.0585. The number of carbonyl (C=O) groups is 1. The molecule has 0 heterocycles. The lowest BCUT2D eigenvalue weighted by Crippen LogP contribution is -2.41. The van der Waals surface area contributed by atoms with E-state index in [0.717, 1.165) is 5.56 Å². The molecule has 20 heavy (non-hydrogen) atoms. The molecular formula is C14H21N3O3. The second-order valence-electron chi connectivity index (χ2n) is 5.27. The van der Waals surface area contributed by atoms with Crippen molar-refractivity contribution in [1.29, 1.82) is 0 Å². The molecule has 0 saturated carbocycles. The summed E-state index contributed by atoms with van der Waals surface area (Å²) in [5.74, 6) is 0.111. The molecule has 1 rings (SSSR count). The van der Waals surface area contributed by atoms with Gasteiger partial charge in [0, 0.05) is 18.2 Å². The maximum absolute atomic E-state index is 11.8. The van der Waals surface area contributed by atoms with Crippen molar-refractivity contribution in [1.82, 2.24) is 5.32 Å². The fraction of sp³-hybridized carbons (Fsp3) is 0.500. The number of nitro groups is 1. The molecule has 0 radical (unpaired) electrons. The molecule has 1 aromatic rings. The number of hydrogen-bond acceptors (Lipinski definition) is 4. The van der Waals surface area contributed by atoms with Crippen molar-refractivity contribution in [3.05, 3.63) is 39.4 Å². The Kier molecular flexibility index (Phi) is 5.64. The van der Waals surface area contributed by atoms with Gasteiger partial charge < -0.3 is 11.1 Å². The zero-order valence-electron chi connectivity index (χ0n) is 12.1. The first-order valence-corrected chi connectivity index (χ1v) is 6.59. The van der Waals surface area contributed by atoms with Crippen LogP contribution in [0.2, 0.25) is 0 Å². The number of nitrogens with one attached hydrogen (secondary N) is 1. The lowest BCUT2D eigenvalue weighted by atomic mass is 10.0. The van der Waals surface area contributed by atoms with Gasteiger partial charge >= 0.3 is 0 Å². The molecule has 1 atom stereocenters. The standard InChI is InChI=1S/C14H21N3O3/c1-9(2)7-12(15)14(18)16-8-11-5-4-6-13(10(11)3)17(19)20/h4-6,9,12H,7-8,15H2,1-3H3,(H,16,18)/t12-/m1/s1. The van der Waals surface area contributed by atoms with E-state index in [4.69, 9.17) is 5.73 Å². The average Bonchev–Trinajstić information content (AvgIpc) is 2.35. The Morgan fingerprint density at radius 3 is 2.65 bits per heavy atom. The second-order valence-corrected chi connectivity index (χ2v) is 5.27. The van der Waals surface area contributed by atoms with E-state index in [0.29, 0.717) is 17.9 Å². The number of hydrogen-bond donors (Lipinski definition) is 2. The molecule has 0 aromatic heterocycles. The summed E-state index contributed by atoms with van der Waals surface area (Å²) in [6.07, 6.45) is 0.611. The maximum atomic E-state index is 11.8. The molecule has 6 nitrogen and oxygen atoms in total. The third kappa shape index (κ3) is 4.31. The maximum Gasteiger partial charge on any atom is 0.272 e. The van der Waals surface area contributed by atoms with Crippen LogP contribution >= 0.6 is 0 Å². The molecule has 1 aromatic carbocycles. The molecule has 1 amide bonds. The Morgan fingerprint density at radius 2 is 2.10 bits per heavy atom. The van der Waals surface area contributed by atoms with Crippen LogP contribution in [0.4, 0.5) is 5.69 Å². The van der Waals surface area contributed by atoms with Crippen LogP contribution < -0.4 is 11.1 Å². The number of benzene rings is 1. The van der Waals surface area contributed by atoms with Crippen LogP contribution in [-0.4, -0.2) is 16.9 Å². The van der Waals surface area contributed by atoms with Crippen molar-refractivity contribution in [3.63, 3.8) is 0 Å². The summed E-state index contributed by atoms with van der Waals surface area (Å²) in [6, 6.07) is 4.27. The molecule has 0 aliphatic carbocycles. The monoisotopic (exact) mass is 279 g/mol. The van der Waals surface area contributed by atoms with Gasteiger partial charge in [-0.3, -0.25) is 14.9 Å². The SMILES string of the molecule is Cc1c(CNC(=O)[C@H](N)CC(C)C)cccc1[N+](=O)[O-]. The fourth-order valence-corrected chi connectivity index (χ4v) is 1.99. The van der Waals surface area contributed by atoms with Gasteiger partial charge in [0.1, 0.15) is 0 Å². The van der Waals surface area contributed by atoms with Gasteiger partial charge in [0.05, 0.1) is 11.0 Å². The summed E-state index contributed by atoms with van der Waals surface area (Å²) in [5.41, 5.74) is 7.13. The third-order valence-corrected chi connectivity index (χ3v) is 3.13. The highest BCUT2D eigenvalue weighted by Gasteiger charge is 2.17. The van der Waals surface area contributed by atoms with E-state index in [2.05, 4.69) is 5.32 Å². The van der Waals surface area contributed by atoms with Crippen molar-refractivity contribution in [2.24, 2.45) is 11.7 Å². The molecule has 6 heteroatoms. The van der Waals surface area contributed by atoms with E-state index in [1.54, 1.807) is 19.1 Å². The molecular weight excluding hydrogens is 258 g/mol. The minimum Gasteiger partial charge on any atom is -0.351 e. The molecule has 0 unspecified atom stereocenters. The van der Waals surface area contributed by atoms with Crippen molar-refractivity contribution < 1.29 is 9.72 Å². The summed E-state index contributed by atoms with van der Waals surface area (Å²) in [4.78, 5) is 22.2. The Labute approximate surface area is 118 Å². The van der Waals surface area contributed by atoms with E-state index >= 15 is 0 Å². The molecule has 110 valence electrons. The van der Waals surface area contributed by atoms with Gasteiger partial charge in [-0.15, -0.1) is 0 Å². The van der Waals surface area contributed by atoms with Crippen LogP contribution in [0.5, 0.6) is 0 Å². The Bertz CT molecular complexity index is 500. The first-order valence-electron chi connectivity index (χ1n) is 6.59. The Hall–Kier alpha value is -1.95. The van der Waals surface area contributed by atoms with Gasteiger partial charge in [-0.1, -0.05) is 26.0 Å². The molecule has 0 aliphatic rings. The zero-order chi connectivity index (χ0) is 15.3. The van der Waals surface area contributed by atoms with Gasteiger partial charge in [-0.05, 0) is 24.8 Å². The van der Waals surface area contributed by atoms with Gasteiger partial charge in [-0.2, -0.15) is 0 Å². The van der Waals surface area contributed by atoms with E-state index in [1.165, 1.54) is 6.07 Å². The van der Waals surface area contributed by atoms with Gasteiger partial charge in [0.15, 0.2) is 0 Å². The van der Waals surface area contributed by atoms with Crippen molar-refractivity contribution >= 4 is 11.6 Å². The zero-order valence-corrected chi connectivity index (χ0v) is 12.1. The smallest absolute Gasteiger partial charge is 0.272 e. The highest BCUT2D eigenvalue weighted by atomic mass is 16.6. The lowest BCUT2D eigenvalue weighted by molar-refractivity contribution is -0.385. The summed E-state index contributed by atoms with van der Waals surface area (Å²) in [5, 5.41) is 13.6. The number of nitrogens with zero attached hydrogens (tertiary/aromatic N) is 1. The Morgan fingerprint density at radius 1 is 1.45 bits per heavy atom. The van der Waals surface area contributed by atoms with Gasteiger partial charge in [0.25, 0.3) is 5.69 Å². The number of nitro benzene ring substituents is 1. The molecule has 0 aliphatic heterocycles. The van der Waals surface area contributed by atoms with Gasteiger partial charge in [-0.25, -0.2) is 0 Å². The van der Waals surface area contributed by atoms with Crippen LogP contribution in [0.3, 0.4) is 0 Å². The largest absolute Gasteiger partial charge is 0.351 e. The summed E-state index contributed by atoms with van der Waals surface area (Å²) < 4.78 is 0. The summed E-state index contributed by atoms with van der Waals surface area (Å²) in [7, 11) is 0. The van der Waals surface area contributed by atoms with Crippen LogP contribution in [0.1, 0.15) is 31.4 Å². The molecule has 3 N–H and O–H groups in total. The number of amides is 1. The first kappa shape index (κ1) is 16.1. The lowest BCUT2D eigenvalue weighted by Gasteiger charge is -2.14. The first-order chi connectivity index (χ1) is 9.32. The van der Waals surface area contributed by atoms with Crippen LogP contribution in [0.15, 0.2) is 18.2 Å². The fourth-order valence-electron chi connectivity index (χ4n) is 1.99. The molecule has 0 bridgehead atoms. The van der Waals surface area contributed by atoms with Crippen LogP contribution in [0, 0.1) is 23.0 Å². The van der Waals surface area contributed by atoms with E-state index in [1.807, 2.05) is 13.8 Å². The molecule has 0 spiro atoms. The topological polar surface area (TPSA) is 98.3 Å². The van der Waals surface area contributed by atoms with Crippen LogP contribution in [0.25, 0.3) is 0 Å². The quantitative estimate of drug-likeness (QED) is 0.613. The van der Waals surface area contributed by atoms with Crippen molar-refractivity contribution in [3.8, 4) is 0 Å². The van der Waals surface area contributed by atoms with Gasteiger partial charge in [0.2, 0.25) is 5.91 Å².